The maximum atomic E-state index is 13.2. The van der Waals surface area contributed by atoms with Crippen molar-refractivity contribution in [2.45, 2.75) is 76.4 Å². The largest absolute Gasteiger partial charge is 0.407 e. The van der Waals surface area contributed by atoms with Gasteiger partial charge in [-0.1, -0.05) is 84.0 Å². The molecule has 2 aliphatic rings. The van der Waals surface area contributed by atoms with E-state index in [4.69, 9.17) is 4.43 Å². The average Bonchev–Trinajstić information content (AvgIpc) is 3.04. The lowest BCUT2D eigenvalue weighted by Gasteiger charge is -2.50. The molecule has 0 spiro atoms. The van der Waals surface area contributed by atoms with Crippen molar-refractivity contribution < 1.29 is 18.8 Å². The molecule has 1 saturated heterocycles. The van der Waals surface area contributed by atoms with E-state index < -0.39 is 38.3 Å². The molecule has 1 N–H and O–H groups in total. The predicted octanol–water partition coefficient (Wildman–Crippen LogP) is 5.08. The van der Waals surface area contributed by atoms with E-state index in [1.807, 2.05) is 30.3 Å². The van der Waals surface area contributed by atoms with Crippen LogP contribution in [0.2, 0.25) is 16.6 Å². The van der Waals surface area contributed by atoms with Crippen LogP contribution in [0.25, 0.3) is 0 Å². The molecule has 2 aliphatic heterocycles. The number of fused-ring (bicyclic) bond motifs is 1. The van der Waals surface area contributed by atoms with Crippen molar-refractivity contribution >= 4 is 26.0 Å². The summed E-state index contributed by atoms with van der Waals surface area (Å²) >= 11 is 0. The van der Waals surface area contributed by atoms with Crippen LogP contribution in [0.4, 0.5) is 0 Å². The zero-order chi connectivity index (χ0) is 24.8. The van der Waals surface area contributed by atoms with Crippen molar-refractivity contribution in [3.05, 3.63) is 71.3 Å². The van der Waals surface area contributed by atoms with Gasteiger partial charge in [-0.15, -0.1) is 0 Å². The van der Waals surface area contributed by atoms with Gasteiger partial charge in [-0.05, 0) is 34.3 Å². The fraction of sp³-hybridized carbons (Fsp3) is 0.444. The number of carbonyl (C=O) groups excluding carboxylic acids is 3. The molecule has 0 unspecified atom stereocenters. The Hall–Kier alpha value is -2.77. The number of benzene rings is 2. The zero-order valence-corrected chi connectivity index (χ0v) is 21.7. The number of β-lactam (4-membered cyclic amide) rings is 1. The smallest absolute Gasteiger partial charge is 0.262 e. The second-order valence-electron chi connectivity index (χ2n) is 10.3. The molecule has 34 heavy (non-hydrogen) atoms. The number of carbonyl (C=O) groups is 3. The second-order valence-corrected chi connectivity index (χ2v) is 15.7. The summed E-state index contributed by atoms with van der Waals surface area (Å²) in [5, 5.41) is 2.99. The molecule has 0 radical (unpaired) electrons. The molecule has 7 heteroatoms. The van der Waals surface area contributed by atoms with Crippen molar-refractivity contribution in [3.63, 3.8) is 0 Å². The fourth-order valence-electron chi connectivity index (χ4n) is 5.99. The first-order valence-corrected chi connectivity index (χ1v) is 14.2. The monoisotopic (exact) mass is 478 g/mol. The summed E-state index contributed by atoms with van der Waals surface area (Å²) in [6.07, 6.45) is -0.466. The van der Waals surface area contributed by atoms with Gasteiger partial charge in [0.05, 0.1) is 23.3 Å². The Labute approximate surface area is 202 Å². The first kappa shape index (κ1) is 24.4. The quantitative estimate of drug-likeness (QED) is 0.326. The van der Waals surface area contributed by atoms with E-state index in [0.29, 0.717) is 27.8 Å². The zero-order valence-electron chi connectivity index (χ0n) is 20.7. The summed E-state index contributed by atoms with van der Waals surface area (Å²) in [5.41, 5.74) is 2.65. The van der Waals surface area contributed by atoms with Crippen LogP contribution < -0.4 is 5.32 Å². The van der Waals surface area contributed by atoms with Gasteiger partial charge in [0.25, 0.3) is 11.8 Å². The van der Waals surface area contributed by atoms with Crippen molar-refractivity contribution in [2.75, 3.05) is 0 Å². The third-order valence-corrected chi connectivity index (χ3v) is 13.6. The molecule has 180 valence electrons. The van der Waals surface area contributed by atoms with E-state index >= 15 is 0 Å². The van der Waals surface area contributed by atoms with Gasteiger partial charge < -0.3 is 9.74 Å². The standard InChI is InChI=1S/C27H34N2O4Si/c1-16(2)34(17(3)4,18(5)6)33-24(19-12-8-7-9-13-19)22-23(25(30)28-22)29-26(31)20-14-10-11-15-21(20)27(29)32/h7-18,22-24H,1-6H3,(H,28,30)/t22-,23+,24+/m1/s1. The average molecular weight is 479 g/mol. The Morgan fingerprint density at radius 3 is 1.68 bits per heavy atom. The van der Waals surface area contributed by atoms with E-state index in [2.05, 4.69) is 46.9 Å². The third kappa shape index (κ3) is 3.71. The van der Waals surface area contributed by atoms with Crippen LogP contribution >= 0.6 is 0 Å². The molecule has 0 saturated carbocycles. The van der Waals surface area contributed by atoms with Crippen LogP contribution in [0.1, 0.15) is 73.9 Å². The lowest BCUT2D eigenvalue weighted by molar-refractivity contribution is -0.138. The van der Waals surface area contributed by atoms with Gasteiger partial charge in [-0.2, -0.15) is 0 Å². The molecule has 2 heterocycles. The second kappa shape index (κ2) is 9.11. The van der Waals surface area contributed by atoms with Crippen LogP contribution in [0, 0.1) is 0 Å². The van der Waals surface area contributed by atoms with Crippen molar-refractivity contribution in [3.8, 4) is 0 Å². The summed E-state index contributed by atoms with van der Waals surface area (Å²) in [4.78, 5) is 40.4. The minimum atomic E-state index is -2.35. The number of nitrogens with zero attached hydrogens (tertiary/aromatic N) is 1. The first-order valence-electron chi connectivity index (χ1n) is 12.1. The van der Waals surface area contributed by atoms with Crippen LogP contribution in [-0.2, 0) is 9.22 Å². The van der Waals surface area contributed by atoms with Crippen LogP contribution in [0.3, 0.4) is 0 Å². The number of hydrogen-bond donors (Lipinski definition) is 1. The number of amides is 3. The van der Waals surface area contributed by atoms with Crippen molar-refractivity contribution in [1.29, 1.82) is 0 Å². The summed E-state index contributed by atoms with van der Waals surface area (Å²) in [6, 6.07) is 15.2. The van der Waals surface area contributed by atoms with Gasteiger partial charge in [0.1, 0.15) is 6.04 Å². The highest BCUT2D eigenvalue weighted by Gasteiger charge is 2.57. The van der Waals surface area contributed by atoms with Crippen LogP contribution in [-0.4, -0.2) is 43.0 Å². The van der Waals surface area contributed by atoms with E-state index in [9.17, 15) is 14.4 Å². The lowest BCUT2D eigenvalue weighted by atomic mass is 9.88. The highest BCUT2D eigenvalue weighted by molar-refractivity contribution is 6.77. The maximum Gasteiger partial charge on any atom is 0.262 e. The van der Waals surface area contributed by atoms with E-state index in [1.165, 1.54) is 0 Å². The van der Waals surface area contributed by atoms with Gasteiger partial charge in [-0.3, -0.25) is 19.3 Å². The first-order chi connectivity index (χ1) is 16.1. The maximum absolute atomic E-state index is 13.2. The summed E-state index contributed by atoms with van der Waals surface area (Å²) in [5.74, 6) is -1.16. The van der Waals surface area contributed by atoms with Crippen LogP contribution in [0.15, 0.2) is 54.6 Å². The topological polar surface area (TPSA) is 75.7 Å². The molecule has 2 aromatic carbocycles. The molecular weight excluding hydrogens is 444 g/mol. The molecule has 2 aromatic rings. The fourth-order valence-corrected chi connectivity index (χ4v) is 11.5. The minimum Gasteiger partial charge on any atom is -0.407 e. The van der Waals surface area contributed by atoms with E-state index in [-0.39, 0.29) is 5.91 Å². The van der Waals surface area contributed by atoms with Gasteiger partial charge in [0, 0.05) is 0 Å². The van der Waals surface area contributed by atoms with Gasteiger partial charge in [-0.25, -0.2) is 0 Å². The number of hydrogen-bond acceptors (Lipinski definition) is 4. The Kier molecular flexibility index (Phi) is 6.53. The van der Waals surface area contributed by atoms with E-state index in [0.717, 1.165) is 10.5 Å². The molecule has 4 rings (SSSR count). The van der Waals surface area contributed by atoms with Gasteiger partial charge in [0.2, 0.25) is 14.2 Å². The lowest BCUT2D eigenvalue weighted by Crippen LogP contribution is -2.72. The summed E-state index contributed by atoms with van der Waals surface area (Å²) < 4.78 is 7.17. The number of imide groups is 1. The predicted molar refractivity (Wildman–Crippen MR) is 134 cm³/mol. The number of rotatable bonds is 8. The molecule has 0 bridgehead atoms. The van der Waals surface area contributed by atoms with Crippen molar-refractivity contribution in [2.24, 2.45) is 0 Å². The van der Waals surface area contributed by atoms with Crippen LogP contribution in [0.5, 0.6) is 0 Å². The highest BCUT2D eigenvalue weighted by atomic mass is 28.4. The van der Waals surface area contributed by atoms with Gasteiger partial charge >= 0.3 is 0 Å². The van der Waals surface area contributed by atoms with E-state index in [1.54, 1.807) is 24.3 Å². The Morgan fingerprint density at radius 1 is 0.765 bits per heavy atom. The minimum absolute atomic E-state index is 0.324. The third-order valence-electron chi connectivity index (χ3n) is 7.51. The molecule has 3 atom stereocenters. The van der Waals surface area contributed by atoms with Crippen molar-refractivity contribution in [1.82, 2.24) is 10.2 Å². The number of nitrogens with one attached hydrogen (secondary N) is 1. The Morgan fingerprint density at radius 2 is 1.24 bits per heavy atom. The Balaban J connectivity index is 1.75. The molecule has 6 nitrogen and oxygen atoms in total. The SMILES string of the molecule is CC(C)[Si](O[C@@H](c1ccccc1)[C@@H]1NC(=O)[C@H]1N1C(=O)c2ccccc2C1=O)(C(C)C)C(C)C. The summed E-state index contributed by atoms with van der Waals surface area (Å²) in [7, 11) is -2.35. The highest BCUT2D eigenvalue weighted by Crippen LogP contribution is 2.47. The Bertz CT molecular complexity index is 1040. The molecule has 0 aliphatic carbocycles. The summed E-state index contributed by atoms with van der Waals surface area (Å²) in [6.45, 7) is 13.3. The normalized spacial score (nSPS) is 21.2. The molecule has 0 aromatic heterocycles. The molecule has 3 amide bonds. The van der Waals surface area contributed by atoms with Gasteiger partial charge in [0.15, 0.2) is 0 Å². The molecular formula is C27H34N2O4Si. The molecule has 1 fully saturated rings.